The Bertz CT molecular complexity index is 1370. The van der Waals surface area contributed by atoms with Crippen molar-refractivity contribution in [3.63, 3.8) is 0 Å². The predicted molar refractivity (Wildman–Crippen MR) is 162 cm³/mol. The molecule has 264 valence electrons. The van der Waals surface area contributed by atoms with Crippen molar-refractivity contribution in [1.29, 1.82) is 0 Å². The number of Topliss-reactive ketones (excluding diaryl/α,β-unsaturated/α-hetero) is 1. The maximum Gasteiger partial charge on any atom is 0.334 e. The fourth-order valence-electron chi connectivity index (χ4n) is 10.2. The highest BCUT2D eigenvalue weighted by Gasteiger charge is 2.79. The summed E-state index contributed by atoms with van der Waals surface area (Å²) in [7, 11) is 0. The molecular weight excluding hydrogens is 616 g/mol. The minimum atomic E-state index is -2.05. The number of carbonyl (C=O) groups is 2. The highest BCUT2D eigenvalue weighted by molar-refractivity contribution is 5.90. The van der Waals surface area contributed by atoms with E-state index in [4.69, 9.17) is 14.2 Å². The molecule has 0 amide bonds. The number of rotatable bonds is 5. The number of ether oxygens (including phenoxy) is 3. The number of carbonyl (C=O) groups excluding carboxylic acids is 2. The molecule has 6 aliphatic rings. The Balaban J connectivity index is 1.27. The van der Waals surface area contributed by atoms with Gasteiger partial charge in [-0.25, -0.2) is 4.79 Å². The molecule has 6 rings (SSSR count). The van der Waals surface area contributed by atoms with Crippen LogP contribution in [0.2, 0.25) is 0 Å². The Labute approximate surface area is 273 Å². The molecule has 13 heteroatoms. The molecule has 0 aromatic rings. The lowest BCUT2D eigenvalue weighted by molar-refractivity contribution is -0.312. The Morgan fingerprint density at radius 3 is 2.32 bits per heavy atom. The monoisotopic (exact) mass is 666 g/mol. The smallest absolute Gasteiger partial charge is 0.334 e. The lowest BCUT2D eigenvalue weighted by Gasteiger charge is -2.63. The van der Waals surface area contributed by atoms with Crippen LogP contribution in [0.5, 0.6) is 0 Å². The fraction of sp³-hybridized carbons (Fsp3) is 0.824. The summed E-state index contributed by atoms with van der Waals surface area (Å²) in [6.45, 7) is 7.69. The number of esters is 1. The van der Waals surface area contributed by atoms with Crippen LogP contribution in [0.3, 0.4) is 0 Å². The Kier molecular flexibility index (Phi) is 8.48. The van der Waals surface area contributed by atoms with Gasteiger partial charge < -0.3 is 55.1 Å². The second kappa shape index (κ2) is 11.4. The average Bonchev–Trinajstić information content (AvgIpc) is 3.18. The van der Waals surface area contributed by atoms with Gasteiger partial charge in [0.15, 0.2) is 6.29 Å². The standard InChI is InChI=1S/C34H50O13/c1-15-10-24(47-28(41)16(15)2)32(5,42)33(43)13-23(37)34(44)20-7-6-17-11-18(45-29-27(40)26(39)25(38)21(14-35)46-29)12-22(36)31(17,4)19(20)8-9-30(33,34)3/h6,18-21,23-27,29,35,37-40,42-44H,7-14H2,1-5H3/t18-,19+,20-,21-,23-,24?,25-,26+,27-,29-,30-,31+,32+,33+,34+/m1/s1. The quantitative estimate of drug-likeness (QED) is 0.138. The minimum absolute atomic E-state index is 0.0672. The third-order valence-corrected chi connectivity index (χ3v) is 13.6. The highest BCUT2D eigenvalue weighted by atomic mass is 16.7. The zero-order chi connectivity index (χ0) is 34.6. The fourth-order valence-corrected chi connectivity index (χ4v) is 10.2. The van der Waals surface area contributed by atoms with Crippen molar-refractivity contribution in [2.24, 2.45) is 22.7 Å². The first-order valence-corrected chi connectivity index (χ1v) is 16.7. The molecule has 2 heterocycles. The van der Waals surface area contributed by atoms with E-state index in [0.29, 0.717) is 12.0 Å². The van der Waals surface area contributed by atoms with Gasteiger partial charge in [-0.05, 0) is 65.2 Å². The van der Waals surface area contributed by atoms with Crippen molar-refractivity contribution in [1.82, 2.24) is 0 Å². The van der Waals surface area contributed by atoms with Gasteiger partial charge in [0.25, 0.3) is 0 Å². The summed E-state index contributed by atoms with van der Waals surface area (Å²) in [5.41, 5.74) is -6.52. The zero-order valence-electron chi connectivity index (χ0n) is 27.6. The molecule has 0 aromatic heterocycles. The molecule has 0 bridgehead atoms. The molecule has 0 spiro atoms. The number of hydrogen-bond acceptors (Lipinski definition) is 13. The number of allylic oxidation sites excluding steroid dienone is 1. The number of fused-ring (bicyclic) bond motifs is 5. The van der Waals surface area contributed by atoms with Crippen LogP contribution in [0.1, 0.15) is 79.6 Å². The molecule has 8 N–H and O–H groups in total. The summed E-state index contributed by atoms with van der Waals surface area (Å²) in [6.07, 6.45) is -7.82. The molecule has 47 heavy (non-hydrogen) atoms. The van der Waals surface area contributed by atoms with Gasteiger partial charge in [0.1, 0.15) is 53.1 Å². The van der Waals surface area contributed by atoms with E-state index in [9.17, 15) is 50.4 Å². The minimum Gasteiger partial charge on any atom is -0.455 e. The molecule has 3 saturated carbocycles. The summed E-state index contributed by atoms with van der Waals surface area (Å²) in [6, 6.07) is 0. The van der Waals surface area contributed by atoms with Crippen LogP contribution >= 0.6 is 0 Å². The summed E-state index contributed by atoms with van der Waals surface area (Å²) >= 11 is 0. The molecule has 15 atom stereocenters. The SMILES string of the molecule is CC1=C(C)C(=O)OC([C@](C)(O)[C@]2(O)C[C@@H](O)[C@@]3(O)[C@@H]4CC=C5C[C@@H](O[C@@H]6O[C@H](CO)[C@@H](O)[C@H](O)[C@H]6O)CC(=O)[C@]5(C)[C@H]4CC[C@@]32C)C1. The first-order valence-electron chi connectivity index (χ1n) is 16.7. The first kappa shape index (κ1) is 35.1. The summed E-state index contributed by atoms with van der Waals surface area (Å²) in [5, 5.41) is 89.1. The maximum absolute atomic E-state index is 14.1. The van der Waals surface area contributed by atoms with E-state index in [1.165, 1.54) is 6.92 Å². The van der Waals surface area contributed by atoms with Gasteiger partial charge in [0.2, 0.25) is 0 Å². The van der Waals surface area contributed by atoms with Crippen LogP contribution in [0.25, 0.3) is 0 Å². The van der Waals surface area contributed by atoms with E-state index in [1.807, 2.05) is 13.0 Å². The van der Waals surface area contributed by atoms with Crippen molar-refractivity contribution in [3.8, 4) is 0 Å². The van der Waals surface area contributed by atoms with Gasteiger partial charge in [-0.2, -0.15) is 0 Å². The van der Waals surface area contributed by atoms with Gasteiger partial charge in [-0.3, -0.25) is 4.79 Å². The van der Waals surface area contributed by atoms with E-state index in [0.717, 1.165) is 11.1 Å². The van der Waals surface area contributed by atoms with E-state index in [-0.39, 0.29) is 44.3 Å². The molecule has 2 aliphatic heterocycles. The van der Waals surface area contributed by atoms with Crippen molar-refractivity contribution in [2.75, 3.05) is 6.61 Å². The molecule has 4 aliphatic carbocycles. The normalized spacial score (nSPS) is 51.4. The van der Waals surface area contributed by atoms with E-state index >= 15 is 0 Å². The number of aliphatic hydroxyl groups excluding tert-OH is 5. The number of hydrogen-bond donors (Lipinski definition) is 8. The van der Waals surface area contributed by atoms with Crippen LogP contribution < -0.4 is 0 Å². The van der Waals surface area contributed by atoms with Crippen molar-refractivity contribution in [3.05, 3.63) is 22.8 Å². The van der Waals surface area contributed by atoms with E-state index in [2.05, 4.69) is 0 Å². The van der Waals surface area contributed by atoms with Gasteiger partial charge >= 0.3 is 5.97 Å². The third-order valence-electron chi connectivity index (χ3n) is 13.6. The van der Waals surface area contributed by atoms with Crippen LogP contribution in [0.4, 0.5) is 0 Å². The molecule has 0 radical (unpaired) electrons. The van der Waals surface area contributed by atoms with Gasteiger partial charge in [0.05, 0.1) is 24.2 Å². The summed E-state index contributed by atoms with van der Waals surface area (Å²) < 4.78 is 17.1. The molecule has 1 unspecified atom stereocenters. The number of aliphatic hydroxyl groups is 8. The molecular formula is C34H50O13. The second-order valence-corrected chi connectivity index (χ2v) is 15.6. The van der Waals surface area contributed by atoms with Crippen molar-refractivity contribution < 1.29 is 64.7 Å². The van der Waals surface area contributed by atoms with Gasteiger partial charge in [-0.15, -0.1) is 0 Å². The molecule has 4 fully saturated rings. The predicted octanol–water partition coefficient (Wildman–Crippen LogP) is -0.467. The zero-order valence-corrected chi connectivity index (χ0v) is 27.6. The molecule has 0 aromatic carbocycles. The molecule has 1 saturated heterocycles. The first-order chi connectivity index (χ1) is 21.8. The number of cyclic esters (lactones) is 1. The summed E-state index contributed by atoms with van der Waals surface area (Å²) in [5.74, 6) is -1.83. The van der Waals surface area contributed by atoms with Crippen LogP contribution in [0, 0.1) is 22.7 Å². The Morgan fingerprint density at radius 2 is 1.68 bits per heavy atom. The van der Waals surface area contributed by atoms with Crippen LogP contribution in [-0.2, 0) is 23.8 Å². The lowest BCUT2D eigenvalue weighted by Crippen LogP contribution is -2.73. The van der Waals surface area contributed by atoms with Gasteiger partial charge in [0, 0.05) is 30.3 Å². The maximum atomic E-state index is 14.1. The third kappa shape index (κ3) is 4.58. The Morgan fingerprint density at radius 1 is 1.00 bits per heavy atom. The van der Waals surface area contributed by atoms with E-state index < -0.39 is 101 Å². The highest BCUT2D eigenvalue weighted by Crippen LogP contribution is 2.70. The van der Waals surface area contributed by atoms with Crippen molar-refractivity contribution >= 4 is 11.8 Å². The Hall–Kier alpha value is -1.78. The largest absolute Gasteiger partial charge is 0.455 e. The van der Waals surface area contributed by atoms with Crippen molar-refractivity contribution in [2.45, 2.75) is 145 Å². The topological polar surface area (TPSA) is 224 Å². The van der Waals surface area contributed by atoms with Gasteiger partial charge in [-0.1, -0.05) is 24.1 Å². The summed E-state index contributed by atoms with van der Waals surface area (Å²) in [4.78, 5) is 26.7. The van der Waals surface area contributed by atoms with Crippen LogP contribution in [-0.4, -0.2) is 125 Å². The average molecular weight is 667 g/mol. The van der Waals surface area contributed by atoms with Crippen LogP contribution in [0.15, 0.2) is 22.8 Å². The molecule has 13 nitrogen and oxygen atoms in total. The lowest BCUT2D eigenvalue weighted by atomic mass is 9.44. The number of ketones is 1. The van der Waals surface area contributed by atoms with E-state index in [1.54, 1.807) is 20.8 Å². The second-order valence-electron chi connectivity index (χ2n) is 15.6.